The third-order valence-electron chi connectivity index (χ3n) is 13.7. The largest absolute Gasteiger partial charge is 0.455 e. The lowest BCUT2D eigenvalue weighted by Gasteiger charge is -2.47. The number of nitrogens with zero attached hydrogens (tertiary/aromatic N) is 6. The van der Waals surface area contributed by atoms with Crippen molar-refractivity contribution in [1.29, 1.82) is 0 Å². The van der Waals surface area contributed by atoms with Crippen LogP contribution in [0.25, 0.3) is 27.5 Å². The van der Waals surface area contributed by atoms with Gasteiger partial charge in [-0.15, -0.1) is 0 Å². The average Bonchev–Trinajstić information content (AvgIpc) is 3.93. The molecule has 1 amide bonds. The molecule has 17 heteroatoms. The number of allylic oxidation sites excluding steroid dienone is 1. The maximum absolute atomic E-state index is 14.1. The van der Waals surface area contributed by atoms with Gasteiger partial charge in [-0.1, -0.05) is 35.7 Å². The summed E-state index contributed by atoms with van der Waals surface area (Å²) in [5.74, 6) is -0.264. The van der Waals surface area contributed by atoms with Gasteiger partial charge in [0, 0.05) is 86.9 Å². The Hall–Kier alpha value is -5.81. The normalized spacial score (nSPS) is 18.4. The van der Waals surface area contributed by atoms with Gasteiger partial charge in [-0.05, 0) is 110 Å². The minimum Gasteiger partial charge on any atom is -0.455 e. The molecular weight excluding hydrogens is 856 g/mol. The quantitative estimate of drug-likeness (QED) is 0.0887. The van der Waals surface area contributed by atoms with Crippen LogP contribution in [0.1, 0.15) is 67.3 Å². The van der Waals surface area contributed by atoms with E-state index in [1.165, 1.54) is 60.9 Å². The van der Waals surface area contributed by atoms with E-state index in [9.17, 15) is 23.3 Å². The number of aromatic amines is 1. The van der Waals surface area contributed by atoms with Gasteiger partial charge in [0.1, 0.15) is 17.1 Å². The zero-order valence-electron chi connectivity index (χ0n) is 35.3. The number of hydrogen-bond donors (Lipinski definition) is 2. The number of aromatic nitrogens is 4. The molecule has 2 N–H and O–H groups in total. The van der Waals surface area contributed by atoms with Crippen LogP contribution < -0.4 is 14.4 Å². The first kappa shape index (κ1) is 42.2. The van der Waals surface area contributed by atoms with E-state index in [-0.39, 0.29) is 28.1 Å². The molecule has 6 aromatic rings. The summed E-state index contributed by atoms with van der Waals surface area (Å²) in [5, 5.41) is 18.4. The van der Waals surface area contributed by atoms with Crippen LogP contribution >= 0.6 is 11.6 Å². The van der Waals surface area contributed by atoms with Crippen LogP contribution in [0.5, 0.6) is 11.5 Å². The molecule has 2 saturated heterocycles. The molecule has 0 radical (unpaired) electrons. The molecule has 3 aromatic carbocycles. The average molecular weight is 905 g/mol. The highest BCUT2D eigenvalue weighted by Crippen LogP contribution is 2.55. The zero-order valence-corrected chi connectivity index (χ0v) is 36.9. The van der Waals surface area contributed by atoms with E-state index in [0.29, 0.717) is 36.6 Å². The number of H-pyrrole nitrogens is 1. The van der Waals surface area contributed by atoms with Gasteiger partial charge in [0.2, 0.25) is 0 Å². The molecule has 1 spiro atoms. The Balaban J connectivity index is 0.899. The van der Waals surface area contributed by atoms with Crippen LogP contribution in [0.3, 0.4) is 0 Å². The molecule has 2 aliphatic heterocycles. The number of hydrogen-bond acceptors (Lipinski definition) is 11. The number of nitro groups is 1. The van der Waals surface area contributed by atoms with Crippen LogP contribution in [-0.2, 0) is 21.3 Å². The summed E-state index contributed by atoms with van der Waals surface area (Å²) in [7, 11) is -4.63. The maximum atomic E-state index is 14.1. The van der Waals surface area contributed by atoms with Crippen molar-refractivity contribution >= 4 is 66.4 Å². The van der Waals surface area contributed by atoms with E-state index in [4.69, 9.17) is 21.1 Å². The predicted octanol–water partition coefficient (Wildman–Crippen LogP) is 8.74. The number of rotatable bonds is 12. The first-order chi connectivity index (χ1) is 31.0. The summed E-state index contributed by atoms with van der Waals surface area (Å²) in [6.45, 7) is 5.68. The molecule has 5 heterocycles. The molecule has 2 aliphatic carbocycles. The SMILES string of the molecule is O=C(NS(=O)(=O)c1cc([N+](=O)[O-])c2cnn(CC3CCOCC3)c2c1)c1ccc(N2CCN(CC3=C(c4ccc(Cl)cc4)CC4(CCC4)CC3)CC2)cc1Oc1cnc2[nH]ccc2c1. The number of ether oxygens (including phenoxy) is 2. The number of fused-ring (bicyclic) bond motifs is 2. The van der Waals surface area contributed by atoms with E-state index in [1.54, 1.807) is 35.1 Å². The first-order valence-electron chi connectivity index (χ1n) is 22.0. The number of anilines is 1. The van der Waals surface area contributed by atoms with E-state index in [1.807, 2.05) is 18.2 Å². The number of carbonyl (C=O) groups is 1. The van der Waals surface area contributed by atoms with Gasteiger partial charge in [0.05, 0.1) is 38.7 Å². The van der Waals surface area contributed by atoms with Crippen LogP contribution in [-0.4, -0.2) is 89.8 Å². The maximum Gasteiger partial charge on any atom is 0.281 e. The molecule has 3 aromatic heterocycles. The molecule has 0 unspecified atom stereocenters. The first-order valence-corrected chi connectivity index (χ1v) is 23.8. The van der Waals surface area contributed by atoms with Crippen LogP contribution in [0.4, 0.5) is 11.4 Å². The molecule has 10 rings (SSSR count). The molecule has 15 nitrogen and oxygen atoms in total. The Kier molecular flexibility index (Phi) is 11.4. The summed E-state index contributed by atoms with van der Waals surface area (Å²) in [5.41, 5.74) is 6.00. The Morgan fingerprint density at radius 2 is 1.80 bits per heavy atom. The van der Waals surface area contributed by atoms with E-state index in [0.717, 1.165) is 80.6 Å². The molecule has 64 heavy (non-hydrogen) atoms. The third-order valence-corrected chi connectivity index (χ3v) is 15.3. The number of pyridine rings is 1. The minimum atomic E-state index is -4.63. The highest BCUT2D eigenvalue weighted by Gasteiger charge is 2.41. The molecule has 1 saturated carbocycles. The van der Waals surface area contributed by atoms with E-state index < -0.39 is 31.4 Å². The molecular formula is C47H49ClN8O7S. The van der Waals surface area contributed by atoms with Crippen molar-refractivity contribution in [2.24, 2.45) is 11.3 Å². The monoisotopic (exact) mass is 904 g/mol. The summed E-state index contributed by atoms with van der Waals surface area (Å²) in [6.07, 6.45) is 13.7. The smallest absolute Gasteiger partial charge is 0.281 e. The number of halogens is 1. The Labute approximate surface area is 375 Å². The fourth-order valence-corrected chi connectivity index (χ4v) is 11.0. The predicted molar refractivity (Wildman–Crippen MR) is 244 cm³/mol. The van der Waals surface area contributed by atoms with Gasteiger partial charge >= 0.3 is 0 Å². The van der Waals surface area contributed by atoms with Crippen molar-refractivity contribution in [3.05, 3.63) is 117 Å². The fraction of sp³-hybridized carbons (Fsp3) is 0.383. The Morgan fingerprint density at radius 1 is 1.00 bits per heavy atom. The number of nitrogens with one attached hydrogen (secondary N) is 2. The van der Waals surface area contributed by atoms with Gasteiger partial charge in [0.15, 0.2) is 0 Å². The van der Waals surface area contributed by atoms with E-state index in [2.05, 4.69) is 41.7 Å². The highest BCUT2D eigenvalue weighted by molar-refractivity contribution is 7.90. The lowest BCUT2D eigenvalue weighted by molar-refractivity contribution is -0.383. The van der Waals surface area contributed by atoms with Crippen LogP contribution in [0.2, 0.25) is 5.02 Å². The highest BCUT2D eigenvalue weighted by atomic mass is 35.5. The number of sulfonamides is 1. The summed E-state index contributed by atoms with van der Waals surface area (Å²) in [4.78, 5) is 37.5. The molecule has 332 valence electrons. The third kappa shape index (κ3) is 8.59. The van der Waals surface area contributed by atoms with Gasteiger partial charge in [-0.2, -0.15) is 5.10 Å². The van der Waals surface area contributed by atoms with Crippen molar-refractivity contribution in [1.82, 2.24) is 29.4 Å². The lowest BCUT2D eigenvalue weighted by atomic mass is 9.59. The van der Waals surface area contributed by atoms with Crippen molar-refractivity contribution in [3.8, 4) is 11.5 Å². The minimum absolute atomic E-state index is 0.0385. The number of benzene rings is 3. The molecule has 0 atom stereocenters. The van der Waals surface area contributed by atoms with Crippen LogP contribution in [0, 0.1) is 21.4 Å². The van der Waals surface area contributed by atoms with Crippen molar-refractivity contribution < 1.29 is 27.6 Å². The second kappa shape index (κ2) is 17.3. The second-order valence-electron chi connectivity index (χ2n) is 17.7. The molecule has 4 aliphatic rings. The molecule has 3 fully saturated rings. The zero-order chi connectivity index (χ0) is 44.0. The summed E-state index contributed by atoms with van der Waals surface area (Å²) in [6, 6.07) is 19.3. The lowest BCUT2D eigenvalue weighted by Crippen LogP contribution is -2.47. The fourth-order valence-electron chi connectivity index (χ4n) is 9.90. The number of carbonyl (C=O) groups excluding carboxylic acids is 1. The summed E-state index contributed by atoms with van der Waals surface area (Å²) >= 11 is 6.29. The second-order valence-corrected chi connectivity index (χ2v) is 19.8. The van der Waals surface area contributed by atoms with Gasteiger partial charge < -0.3 is 19.4 Å². The van der Waals surface area contributed by atoms with Gasteiger partial charge in [-0.3, -0.25) is 24.5 Å². The molecule has 0 bridgehead atoms. The van der Waals surface area contributed by atoms with Crippen molar-refractivity contribution in [3.63, 3.8) is 0 Å². The van der Waals surface area contributed by atoms with Crippen molar-refractivity contribution in [2.45, 2.75) is 62.8 Å². The Morgan fingerprint density at radius 3 is 2.55 bits per heavy atom. The number of non-ortho nitro benzene ring substituents is 1. The number of nitro benzene ring substituents is 1. The number of piperazine rings is 1. The summed E-state index contributed by atoms with van der Waals surface area (Å²) < 4.78 is 43.6. The standard InChI is InChI=1S/C47H49ClN8O7S/c48-35-4-2-32(3-5-35)40-26-47(12-1-13-47)14-8-34(40)30-53-16-18-54(19-17-53)36-6-7-39(44(23-36)63-37-22-33-9-15-49-45(33)50-27-37)46(57)52-64(60,61)38-24-42-41(43(25-38)56(58)59)28-51-55(42)29-31-10-20-62-21-11-31/h2-7,9,15,22-25,27-28,31H,1,8,10-14,16-21,26,29-30H2,(H,49,50)(H,52,57). The van der Waals surface area contributed by atoms with Gasteiger partial charge in [-0.25, -0.2) is 18.1 Å². The van der Waals surface area contributed by atoms with Crippen molar-refractivity contribution in [2.75, 3.05) is 50.8 Å². The van der Waals surface area contributed by atoms with Gasteiger partial charge in [0.25, 0.3) is 21.6 Å². The van der Waals surface area contributed by atoms with E-state index >= 15 is 0 Å². The Bertz CT molecular complexity index is 2900. The number of amides is 1. The van der Waals surface area contributed by atoms with Crippen LogP contribution in [0.15, 0.2) is 95.8 Å². The topological polar surface area (TPSA) is 178 Å².